The summed E-state index contributed by atoms with van der Waals surface area (Å²) in [5, 5.41) is 29.5. The highest BCUT2D eigenvalue weighted by Crippen LogP contribution is 2.44. The number of phenols is 1. The molecule has 0 spiro atoms. The van der Waals surface area contributed by atoms with E-state index in [0.29, 0.717) is 54.2 Å². The number of aromatic hydroxyl groups is 1. The van der Waals surface area contributed by atoms with Crippen LogP contribution >= 0.6 is 22.9 Å². The number of nitrogens with zero attached hydrogens (tertiary/aromatic N) is 4. The van der Waals surface area contributed by atoms with Crippen molar-refractivity contribution < 1.29 is 9.84 Å². The maximum Gasteiger partial charge on any atom is 0.117 e. The van der Waals surface area contributed by atoms with Crippen molar-refractivity contribution in [2.45, 2.75) is 0 Å². The van der Waals surface area contributed by atoms with Gasteiger partial charge in [0.25, 0.3) is 0 Å². The van der Waals surface area contributed by atoms with E-state index in [1.165, 1.54) is 23.5 Å². The first-order valence-corrected chi connectivity index (χ1v) is 8.94. The van der Waals surface area contributed by atoms with Gasteiger partial charge in [0.2, 0.25) is 0 Å². The number of phenolic OH excluding ortho intramolecular Hbond substituents is 1. The van der Waals surface area contributed by atoms with Crippen LogP contribution in [0, 0.1) is 11.3 Å². The fraction of sp³-hybridized carbons (Fsp3) is 0.235. The van der Waals surface area contributed by atoms with Crippen LogP contribution in [-0.4, -0.2) is 43.6 Å². The first-order valence-electron chi connectivity index (χ1n) is 7.74. The fourth-order valence-corrected chi connectivity index (χ4v) is 4.27. The molecular formula is C17H15ClN5O2S-. The summed E-state index contributed by atoms with van der Waals surface area (Å²) < 4.78 is 5.38. The van der Waals surface area contributed by atoms with Crippen LogP contribution < -0.4 is 10.6 Å². The number of rotatable bonds is 4. The Morgan fingerprint density at radius 2 is 2.19 bits per heavy atom. The second-order valence-electron chi connectivity index (χ2n) is 5.49. The number of anilines is 1. The topological polar surface area (TPSA) is 117 Å². The summed E-state index contributed by atoms with van der Waals surface area (Å²) in [6, 6.07) is 6.76. The molecule has 0 saturated carbocycles. The molecule has 1 aromatic carbocycles. The lowest BCUT2D eigenvalue weighted by Gasteiger charge is -2.27. The zero-order chi connectivity index (χ0) is 18.7. The van der Waals surface area contributed by atoms with Crippen LogP contribution in [0.25, 0.3) is 16.5 Å². The lowest BCUT2D eigenvalue weighted by Crippen LogP contribution is -2.36. The summed E-state index contributed by atoms with van der Waals surface area (Å²) in [5.74, 6) is 0.0976. The van der Waals surface area contributed by atoms with E-state index in [9.17, 15) is 10.4 Å². The van der Waals surface area contributed by atoms with Gasteiger partial charge in [-0.3, -0.25) is 0 Å². The summed E-state index contributed by atoms with van der Waals surface area (Å²) in [6.45, 7) is 2.45. The van der Waals surface area contributed by atoms with Crippen LogP contribution in [0.15, 0.2) is 23.2 Å². The molecule has 3 N–H and O–H groups in total. The van der Waals surface area contributed by atoms with E-state index >= 15 is 0 Å². The van der Waals surface area contributed by atoms with Crippen molar-refractivity contribution in [3.8, 4) is 22.9 Å². The Bertz CT molecular complexity index is 913. The average Bonchev–Trinajstić information content (AvgIpc) is 3.02. The first kappa shape index (κ1) is 18.2. The van der Waals surface area contributed by atoms with Crippen molar-refractivity contribution in [2.75, 3.05) is 31.2 Å². The molecule has 0 amide bonds. The Labute approximate surface area is 159 Å². The lowest BCUT2D eigenvalue weighted by atomic mass is 10.0. The van der Waals surface area contributed by atoms with Crippen molar-refractivity contribution >= 4 is 40.1 Å². The quantitative estimate of drug-likeness (QED) is 0.616. The molecular weight excluding hydrogens is 374 g/mol. The molecule has 0 aliphatic carbocycles. The first-order chi connectivity index (χ1) is 12.6. The minimum absolute atomic E-state index is 0.0211. The Hall–Kier alpha value is -2.60. The molecule has 9 heteroatoms. The maximum atomic E-state index is 9.83. The Morgan fingerprint density at radius 1 is 1.46 bits per heavy atom. The number of nitriles is 1. The SMILES string of the molecule is N#Cc1c(N2CCOCC2)sc(C(N)=NC=[N-])c1-c1ccc(O)cc1Cl. The molecule has 1 aliphatic rings. The second-order valence-corrected chi connectivity index (χ2v) is 6.90. The predicted molar refractivity (Wildman–Crippen MR) is 104 cm³/mol. The highest BCUT2D eigenvalue weighted by Gasteiger charge is 2.26. The van der Waals surface area contributed by atoms with Gasteiger partial charge in [-0.25, -0.2) is 0 Å². The predicted octanol–water partition coefficient (Wildman–Crippen LogP) is 2.79. The molecule has 1 saturated heterocycles. The number of hydrogen-bond acceptors (Lipinski definition) is 5. The van der Waals surface area contributed by atoms with Gasteiger partial charge in [-0.05, 0) is 18.2 Å². The molecule has 2 aromatic rings. The van der Waals surface area contributed by atoms with E-state index < -0.39 is 0 Å². The smallest absolute Gasteiger partial charge is 0.117 e. The normalized spacial score (nSPS) is 14.9. The van der Waals surface area contributed by atoms with Crippen molar-refractivity contribution in [2.24, 2.45) is 10.7 Å². The number of thiophene rings is 1. The van der Waals surface area contributed by atoms with E-state index in [-0.39, 0.29) is 16.6 Å². The van der Waals surface area contributed by atoms with Gasteiger partial charge >= 0.3 is 0 Å². The van der Waals surface area contributed by atoms with Crippen LogP contribution in [0.2, 0.25) is 5.02 Å². The molecule has 7 nitrogen and oxygen atoms in total. The van der Waals surface area contributed by atoms with E-state index in [0.717, 1.165) is 5.00 Å². The minimum Gasteiger partial charge on any atom is -0.508 e. The van der Waals surface area contributed by atoms with Crippen molar-refractivity contribution in [1.82, 2.24) is 0 Å². The van der Waals surface area contributed by atoms with Crippen LogP contribution in [-0.2, 0) is 4.74 Å². The number of amidine groups is 1. The third kappa shape index (κ3) is 3.37. The summed E-state index contributed by atoms with van der Waals surface area (Å²) in [7, 11) is 0. The summed E-state index contributed by atoms with van der Waals surface area (Å²) in [6.07, 6.45) is 0.609. The zero-order valence-corrected chi connectivity index (χ0v) is 15.2. The van der Waals surface area contributed by atoms with Gasteiger partial charge in [-0.15, -0.1) is 17.7 Å². The molecule has 1 aromatic heterocycles. The molecule has 1 fully saturated rings. The van der Waals surface area contributed by atoms with Gasteiger partial charge in [-0.2, -0.15) is 5.26 Å². The Morgan fingerprint density at radius 3 is 2.81 bits per heavy atom. The van der Waals surface area contributed by atoms with Crippen LogP contribution in [0.3, 0.4) is 0 Å². The molecule has 0 radical (unpaired) electrons. The average molecular weight is 389 g/mol. The van der Waals surface area contributed by atoms with Gasteiger partial charge < -0.3 is 30.9 Å². The molecule has 134 valence electrons. The van der Waals surface area contributed by atoms with Crippen molar-refractivity contribution in [3.63, 3.8) is 0 Å². The highest BCUT2D eigenvalue weighted by molar-refractivity contribution is 7.19. The van der Waals surface area contributed by atoms with Gasteiger partial charge in [0.1, 0.15) is 16.8 Å². The molecule has 26 heavy (non-hydrogen) atoms. The number of morpholine rings is 1. The van der Waals surface area contributed by atoms with E-state index in [4.69, 9.17) is 27.5 Å². The number of aliphatic imine (C=N–C) groups is 1. The van der Waals surface area contributed by atoms with Gasteiger partial charge in [0.05, 0.1) is 28.7 Å². The monoisotopic (exact) mass is 388 g/mol. The molecule has 0 atom stereocenters. The molecule has 3 rings (SSSR count). The summed E-state index contributed by atoms with van der Waals surface area (Å²) in [5.41, 5.74) is 7.53. The van der Waals surface area contributed by atoms with Crippen molar-refractivity contribution in [3.05, 3.63) is 39.1 Å². The van der Waals surface area contributed by atoms with Crippen LogP contribution in [0.1, 0.15) is 10.4 Å². The van der Waals surface area contributed by atoms with Crippen LogP contribution in [0.5, 0.6) is 5.75 Å². The van der Waals surface area contributed by atoms with Gasteiger partial charge in [0.15, 0.2) is 0 Å². The number of nitrogens with two attached hydrogens (primary N) is 1. The minimum atomic E-state index is 0.0211. The summed E-state index contributed by atoms with van der Waals surface area (Å²) >= 11 is 7.62. The molecule has 0 bridgehead atoms. The fourth-order valence-electron chi connectivity index (χ4n) is 2.78. The maximum absolute atomic E-state index is 9.83. The van der Waals surface area contributed by atoms with Gasteiger partial charge in [-0.1, -0.05) is 11.6 Å². The summed E-state index contributed by atoms with van der Waals surface area (Å²) in [4.78, 5) is 6.34. The van der Waals surface area contributed by atoms with Crippen molar-refractivity contribution in [1.29, 1.82) is 5.26 Å². The zero-order valence-electron chi connectivity index (χ0n) is 13.6. The number of hydrogen-bond donors (Lipinski definition) is 2. The number of benzene rings is 1. The van der Waals surface area contributed by atoms with E-state index in [2.05, 4.69) is 16.0 Å². The van der Waals surface area contributed by atoms with Crippen LogP contribution in [0.4, 0.5) is 5.00 Å². The Kier molecular flexibility index (Phi) is 5.42. The number of ether oxygens (including phenoxy) is 1. The van der Waals surface area contributed by atoms with E-state index in [1.807, 2.05) is 0 Å². The molecule has 2 heterocycles. The largest absolute Gasteiger partial charge is 0.508 e. The third-order valence-electron chi connectivity index (χ3n) is 3.95. The lowest BCUT2D eigenvalue weighted by molar-refractivity contribution is 0.123. The highest BCUT2D eigenvalue weighted by atomic mass is 35.5. The van der Waals surface area contributed by atoms with Gasteiger partial charge in [0, 0.05) is 30.1 Å². The Balaban J connectivity index is 2.26. The third-order valence-corrected chi connectivity index (χ3v) is 5.54. The number of halogens is 1. The molecule has 0 unspecified atom stereocenters. The standard InChI is InChI=1S/C17H15ClN5O2S/c18-13-7-10(24)1-2-11(13)14-12(8-19)17(23-3-5-25-6-4-23)26-15(14)16(21)22-9-20/h1-2,7,9H,3-6H2,(H3-,20,21,22,24)/q-1. The van der Waals surface area contributed by atoms with E-state index in [1.54, 1.807) is 6.07 Å². The second kappa shape index (κ2) is 7.74. The molecule has 1 aliphatic heterocycles.